The molecule has 2 aromatic rings. The summed E-state index contributed by atoms with van der Waals surface area (Å²) in [5.74, 6) is -0.149. The minimum atomic E-state index is -3.96. The van der Waals surface area contributed by atoms with Gasteiger partial charge in [0, 0.05) is 0 Å². The third-order valence-electron chi connectivity index (χ3n) is 3.65. The number of nitrogens with one attached hydrogen (secondary N) is 1. The van der Waals surface area contributed by atoms with Crippen molar-refractivity contribution in [3.05, 3.63) is 48.5 Å². The Morgan fingerprint density at radius 2 is 1.62 bits per heavy atom. The Morgan fingerprint density at radius 3 is 2.12 bits per heavy atom. The largest absolute Gasteiger partial charge is 0.493 e. The number of hydrogen-bond acceptors (Lipinski definition) is 5. The van der Waals surface area contributed by atoms with Gasteiger partial charge >= 0.3 is 5.97 Å². The summed E-state index contributed by atoms with van der Waals surface area (Å²) in [7, 11) is -2.44. The number of sulfonamides is 1. The highest BCUT2D eigenvalue weighted by Crippen LogP contribution is 2.31. The molecule has 7 nitrogen and oxygen atoms in total. The second-order valence-electron chi connectivity index (χ2n) is 5.91. The first-order valence-electron chi connectivity index (χ1n) is 7.90. The van der Waals surface area contributed by atoms with Crippen molar-refractivity contribution in [2.45, 2.75) is 24.8 Å². The summed E-state index contributed by atoms with van der Waals surface area (Å²) in [5.41, 5.74) is 0. The number of carboxylic acids is 1. The maximum atomic E-state index is 12.4. The summed E-state index contributed by atoms with van der Waals surface area (Å²) < 4.78 is 37.9. The zero-order valence-corrected chi connectivity index (χ0v) is 15.5. The second-order valence-corrected chi connectivity index (χ2v) is 7.62. The van der Waals surface area contributed by atoms with Crippen molar-refractivity contribution in [2.24, 2.45) is 5.92 Å². The molecule has 0 bridgehead atoms. The predicted octanol–water partition coefficient (Wildman–Crippen LogP) is 2.88. The molecule has 140 valence electrons. The number of hydrogen-bond donors (Lipinski definition) is 2. The molecule has 2 rings (SSSR count). The molecule has 0 aliphatic carbocycles. The van der Waals surface area contributed by atoms with Crippen LogP contribution in [0.2, 0.25) is 0 Å². The van der Waals surface area contributed by atoms with Crippen LogP contribution in [-0.4, -0.2) is 32.6 Å². The first-order valence-corrected chi connectivity index (χ1v) is 9.39. The number of para-hydroxylation sites is 2. The van der Waals surface area contributed by atoms with E-state index in [1.54, 1.807) is 38.1 Å². The minimum Gasteiger partial charge on any atom is -0.493 e. The van der Waals surface area contributed by atoms with Crippen LogP contribution in [0.1, 0.15) is 13.8 Å². The number of rotatable bonds is 8. The Kier molecular flexibility index (Phi) is 6.23. The lowest BCUT2D eigenvalue weighted by Gasteiger charge is -2.18. The zero-order chi connectivity index (χ0) is 19.3. The van der Waals surface area contributed by atoms with Crippen LogP contribution >= 0.6 is 0 Å². The van der Waals surface area contributed by atoms with Crippen LogP contribution in [0.5, 0.6) is 17.2 Å². The summed E-state index contributed by atoms with van der Waals surface area (Å²) in [6.45, 7) is 3.26. The lowest BCUT2D eigenvalue weighted by atomic mass is 10.1. The molecule has 0 aromatic heterocycles. The number of carboxylic acid groups (broad SMARTS) is 1. The van der Waals surface area contributed by atoms with E-state index in [2.05, 4.69) is 4.72 Å². The first kappa shape index (κ1) is 19.7. The monoisotopic (exact) mass is 379 g/mol. The number of aliphatic carboxylic acids is 1. The van der Waals surface area contributed by atoms with Crippen LogP contribution in [-0.2, 0) is 14.8 Å². The van der Waals surface area contributed by atoms with Crippen LogP contribution < -0.4 is 14.2 Å². The molecular weight excluding hydrogens is 358 g/mol. The molecule has 0 saturated heterocycles. The molecule has 26 heavy (non-hydrogen) atoms. The van der Waals surface area contributed by atoms with Gasteiger partial charge in [0.05, 0.1) is 12.0 Å². The molecule has 2 aromatic carbocycles. The van der Waals surface area contributed by atoms with Crippen LogP contribution in [0.4, 0.5) is 0 Å². The fraction of sp³-hybridized carbons (Fsp3) is 0.278. The molecule has 1 unspecified atom stereocenters. The van der Waals surface area contributed by atoms with Crippen molar-refractivity contribution >= 4 is 16.0 Å². The summed E-state index contributed by atoms with van der Waals surface area (Å²) in [6, 6.07) is 11.6. The fourth-order valence-corrected chi connectivity index (χ4v) is 3.56. The van der Waals surface area contributed by atoms with Crippen LogP contribution in [0.25, 0.3) is 0 Å². The normalized spacial score (nSPS) is 12.6. The van der Waals surface area contributed by atoms with Crippen LogP contribution in [0.15, 0.2) is 53.4 Å². The molecule has 0 fully saturated rings. The SMILES string of the molecule is COc1ccccc1Oc1ccc(S(=O)(=O)NC(C(=O)O)C(C)C)cc1. The molecule has 2 N–H and O–H groups in total. The summed E-state index contributed by atoms with van der Waals surface area (Å²) in [5, 5.41) is 9.15. The van der Waals surface area contributed by atoms with E-state index in [0.29, 0.717) is 17.2 Å². The van der Waals surface area contributed by atoms with Crippen molar-refractivity contribution in [1.82, 2.24) is 4.72 Å². The third kappa shape index (κ3) is 4.74. The van der Waals surface area contributed by atoms with Crippen molar-refractivity contribution in [1.29, 1.82) is 0 Å². The summed E-state index contributed by atoms with van der Waals surface area (Å²) >= 11 is 0. The predicted molar refractivity (Wildman–Crippen MR) is 96.1 cm³/mol. The Labute approximate surface area is 152 Å². The maximum Gasteiger partial charge on any atom is 0.322 e. The van der Waals surface area contributed by atoms with Crippen molar-refractivity contribution < 1.29 is 27.8 Å². The number of ether oxygens (including phenoxy) is 2. The topological polar surface area (TPSA) is 102 Å². The highest BCUT2D eigenvalue weighted by Gasteiger charge is 2.28. The van der Waals surface area contributed by atoms with Crippen molar-refractivity contribution in [2.75, 3.05) is 7.11 Å². The van der Waals surface area contributed by atoms with E-state index < -0.39 is 28.0 Å². The number of benzene rings is 2. The van der Waals surface area contributed by atoms with Crippen molar-refractivity contribution in [3.63, 3.8) is 0 Å². The lowest BCUT2D eigenvalue weighted by Crippen LogP contribution is -2.44. The quantitative estimate of drug-likeness (QED) is 0.731. The van der Waals surface area contributed by atoms with Crippen LogP contribution in [0, 0.1) is 5.92 Å². The minimum absolute atomic E-state index is 0.0447. The van der Waals surface area contributed by atoms with Gasteiger partial charge in [-0.2, -0.15) is 4.72 Å². The van der Waals surface area contributed by atoms with Gasteiger partial charge in [0.15, 0.2) is 11.5 Å². The van der Waals surface area contributed by atoms with E-state index in [4.69, 9.17) is 14.6 Å². The van der Waals surface area contributed by atoms with E-state index in [-0.39, 0.29) is 4.90 Å². The van der Waals surface area contributed by atoms with Crippen LogP contribution in [0.3, 0.4) is 0 Å². The van der Waals surface area contributed by atoms with E-state index in [9.17, 15) is 13.2 Å². The average molecular weight is 379 g/mol. The molecule has 0 radical (unpaired) electrons. The van der Waals surface area contributed by atoms with Gasteiger partial charge in [0.2, 0.25) is 10.0 Å². The van der Waals surface area contributed by atoms with Gasteiger partial charge in [0.25, 0.3) is 0 Å². The van der Waals surface area contributed by atoms with E-state index in [0.717, 1.165) is 0 Å². The van der Waals surface area contributed by atoms with Gasteiger partial charge in [-0.15, -0.1) is 0 Å². The van der Waals surface area contributed by atoms with E-state index in [1.807, 2.05) is 0 Å². The van der Waals surface area contributed by atoms with Gasteiger partial charge in [-0.3, -0.25) is 4.79 Å². The molecule has 0 amide bonds. The molecule has 0 aliphatic heterocycles. The molecular formula is C18H21NO6S. The Bertz CT molecular complexity index is 862. The third-order valence-corrected chi connectivity index (χ3v) is 5.10. The molecule has 0 aliphatic rings. The molecule has 0 heterocycles. The average Bonchev–Trinajstić information content (AvgIpc) is 2.60. The molecule has 1 atom stereocenters. The Morgan fingerprint density at radius 1 is 1.04 bits per heavy atom. The maximum absolute atomic E-state index is 12.4. The van der Waals surface area contributed by atoms with Gasteiger partial charge < -0.3 is 14.6 Å². The highest BCUT2D eigenvalue weighted by molar-refractivity contribution is 7.89. The fourth-order valence-electron chi connectivity index (χ4n) is 2.22. The van der Waals surface area contributed by atoms with Gasteiger partial charge in [-0.25, -0.2) is 8.42 Å². The molecule has 8 heteroatoms. The number of methoxy groups -OCH3 is 1. The van der Waals surface area contributed by atoms with E-state index in [1.165, 1.54) is 31.4 Å². The molecule has 0 spiro atoms. The Balaban J connectivity index is 2.19. The van der Waals surface area contributed by atoms with Gasteiger partial charge in [-0.05, 0) is 42.3 Å². The standard InChI is InChI=1S/C18H21NO6S/c1-12(2)17(18(20)21)19-26(22,23)14-10-8-13(9-11-14)25-16-7-5-4-6-15(16)24-3/h4-12,17,19H,1-3H3,(H,20,21). The lowest BCUT2D eigenvalue weighted by molar-refractivity contribution is -0.140. The van der Waals surface area contributed by atoms with Gasteiger partial charge in [-0.1, -0.05) is 26.0 Å². The highest BCUT2D eigenvalue weighted by atomic mass is 32.2. The smallest absolute Gasteiger partial charge is 0.322 e. The second kappa shape index (κ2) is 8.20. The summed E-state index contributed by atoms with van der Waals surface area (Å²) in [4.78, 5) is 11.2. The summed E-state index contributed by atoms with van der Waals surface area (Å²) in [6.07, 6.45) is 0. The van der Waals surface area contributed by atoms with Gasteiger partial charge in [0.1, 0.15) is 11.8 Å². The van der Waals surface area contributed by atoms with Crippen molar-refractivity contribution in [3.8, 4) is 17.2 Å². The molecule has 0 saturated carbocycles. The Hall–Kier alpha value is -2.58. The first-order chi connectivity index (χ1) is 12.2. The number of carbonyl (C=O) groups is 1. The van der Waals surface area contributed by atoms with E-state index >= 15 is 0 Å². The zero-order valence-electron chi connectivity index (χ0n) is 14.7.